The quantitative estimate of drug-likeness (QED) is 0.635. The second-order valence-electron chi connectivity index (χ2n) is 2.92. The number of rotatable bonds is 2. The first-order valence-corrected chi connectivity index (χ1v) is 4.97. The third kappa shape index (κ3) is 2.04. The molecule has 0 saturated carbocycles. The molecule has 2 heterocycles. The maximum absolute atomic E-state index is 7.20. The Hall–Kier alpha value is -1.69. The Morgan fingerprint density at radius 2 is 2.20 bits per heavy atom. The molecule has 0 amide bonds. The number of halogens is 1. The average molecular weight is 266 g/mol. The molecule has 0 aromatic carbocycles. The van der Waals surface area contributed by atoms with Crippen LogP contribution in [-0.4, -0.2) is 20.6 Å². The maximum Gasteiger partial charge on any atom is 0.141 e. The minimum absolute atomic E-state index is 0.0387. The van der Waals surface area contributed by atoms with Crippen LogP contribution >= 0.6 is 15.9 Å². The number of nitrogens with one attached hydrogen (secondary N) is 1. The van der Waals surface area contributed by atoms with E-state index in [0.29, 0.717) is 5.69 Å². The minimum atomic E-state index is -0.0387. The standard InChI is InChI=1S/C9H8BrN5/c10-6-3-14-15(5-6)7-1-2-8(9(11)12)13-4-7/h1-5H,(H3,11,12). The highest BCUT2D eigenvalue weighted by Crippen LogP contribution is 2.11. The van der Waals surface area contributed by atoms with Gasteiger partial charge in [0.2, 0.25) is 0 Å². The summed E-state index contributed by atoms with van der Waals surface area (Å²) in [6.07, 6.45) is 5.14. The smallest absolute Gasteiger partial charge is 0.141 e. The Kier molecular flexibility index (Phi) is 2.51. The lowest BCUT2D eigenvalue weighted by atomic mass is 10.3. The molecule has 0 aliphatic heterocycles. The van der Waals surface area contributed by atoms with Crippen LogP contribution in [-0.2, 0) is 0 Å². The van der Waals surface area contributed by atoms with E-state index in [4.69, 9.17) is 11.1 Å². The number of amidine groups is 1. The lowest BCUT2D eigenvalue weighted by molar-refractivity contribution is 0.873. The van der Waals surface area contributed by atoms with Crippen molar-refractivity contribution in [2.75, 3.05) is 0 Å². The van der Waals surface area contributed by atoms with Crippen LogP contribution in [0.5, 0.6) is 0 Å². The van der Waals surface area contributed by atoms with Crippen LogP contribution in [0.3, 0.4) is 0 Å². The first-order valence-electron chi connectivity index (χ1n) is 4.18. The van der Waals surface area contributed by atoms with Gasteiger partial charge in [0.25, 0.3) is 0 Å². The van der Waals surface area contributed by atoms with Crippen molar-refractivity contribution in [1.82, 2.24) is 14.8 Å². The molecule has 0 atom stereocenters. The third-order valence-electron chi connectivity index (χ3n) is 1.84. The first kappa shape index (κ1) is 9.85. The van der Waals surface area contributed by atoms with Crippen LogP contribution in [0.4, 0.5) is 0 Å². The van der Waals surface area contributed by atoms with Crippen LogP contribution in [0, 0.1) is 5.41 Å². The molecule has 3 N–H and O–H groups in total. The second-order valence-corrected chi connectivity index (χ2v) is 3.83. The molecule has 6 heteroatoms. The molecule has 15 heavy (non-hydrogen) atoms. The van der Waals surface area contributed by atoms with Crippen molar-refractivity contribution < 1.29 is 0 Å². The molecule has 0 saturated heterocycles. The normalized spacial score (nSPS) is 10.2. The number of pyridine rings is 1. The molecule has 0 unspecified atom stereocenters. The largest absolute Gasteiger partial charge is 0.382 e. The summed E-state index contributed by atoms with van der Waals surface area (Å²) in [4.78, 5) is 4.04. The van der Waals surface area contributed by atoms with Crippen LogP contribution in [0.25, 0.3) is 5.69 Å². The molecule has 5 nitrogen and oxygen atoms in total. The zero-order chi connectivity index (χ0) is 10.8. The number of hydrogen-bond donors (Lipinski definition) is 2. The van der Waals surface area contributed by atoms with Crippen molar-refractivity contribution in [2.45, 2.75) is 0 Å². The highest BCUT2D eigenvalue weighted by molar-refractivity contribution is 9.10. The van der Waals surface area contributed by atoms with E-state index >= 15 is 0 Å². The van der Waals surface area contributed by atoms with Crippen molar-refractivity contribution in [3.8, 4) is 5.69 Å². The summed E-state index contributed by atoms with van der Waals surface area (Å²) in [5, 5.41) is 11.3. The summed E-state index contributed by atoms with van der Waals surface area (Å²) >= 11 is 3.31. The molecule has 0 spiro atoms. The molecule has 2 rings (SSSR count). The van der Waals surface area contributed by atoms with Gasteiger partial charge < -0.3 is 5.73 Å². The predicted octanol–water partition coefficient (Wildman–Crippen LogP) is 1.31. The van der Waals surface area contributed by atoms with E-state index in [1.54, 1.807) is 23.1 Å². The first-order chi connectivity index (χ1) is 7.16. The van der Waals surface area contributed by atoms with Gasteiger partial charge in [-0.25, -0.2) is 4.68 Å². The fourth-order valence-corrected chi connectivity index (χ4v) is 1.41. The van der Waals surface area contributed by atoms with Gasteiger partial charge in [-0.1, -0.05) is 0 Å². The molecule has 2 aromatic rings. The number of hydrogen-bond acceptors (Lipinski definition) is 3. The Morgan fingerprint density at radius 3 is 2.67 bits per heavy atom. The summed E-state index contributed by atoms with van der Waals surface area (Å²) in [7, 11) is 0. The Morgan fingerprint density at radius 1 is 1.40 bits per heavy atom. The average Bonchev–Trinajstić information content (AvgIpc) is 2.65. The van der Waals surface area contributed by atoms with Gasteiger partial charge in [0.1, 0.15) is 11.5 Å². The molecular formula is C9H8BrN5. The van der Waals surface area contributed by atoms with E-state index in [1.807, 2.05) is 12.3 Å². The maximum atomic E-state index is 7.20. The van der Waals surface area contributed by atoms with Crippen LogP contribution in [0.15, 0.2) is 35.2 Å². The van der Waals surface area contributed by atoms with E-state index in [2.05, 4.69) is 26.0 Å². The van der Waals surface area contributed by atoms with Crippen molar-refractivity contribution in [2.24, 2.45) is 5.73 Å². The number of nitrogens with two attached hydrogens (primary N) is 1. The zero-order valence-electron chi connectivity index (χ0n) is 7.68. The molecule has 2 aromatic heterocycles. The molecule has 0 fully saturated rings. The lowest BCUT2D eigenvalue weighted by Crippen LogP contribution is -2.13. The van der Waals surface area contributed by atoms with Gasteiger partial charge in [0.05, 0.1) is 22.6 Å². The number of aromatic nitrogens is 3. The number of nitrogen functional groups attached to an aromatic ring is 1. The molecular weight excluding hydrogens is 258 g/mol. The van der Waals surface area contributed by atoms with Crippen molar-refractivity contribution in [3.05, 3.63) is 40.9 Å². The summed E-state index contributed by atoms with van der Waals surface area (Å²) in [6, 6.07) is 3.50. The van der Waals surface area contributed by atoms with Gasteiger partial charge in [0, 0.05) is 6.20 Å². The fourth-order valence-electron chi connectivity index (χ4n) is 1.12. The highest BCUT2D eigenvalue weighted by atomic mass is 79.9. The SMILES string of the molecule is N=C(N)c1ccc(-n2cc(Br)cn2)cn1. The lowest BCUT2D eigenvalue weighted by Gasteiger charge is -2.01. The number of nitrogens with zero attached hydrogens (tertiary/aromatic N) is 3. The van der Waals surface area contributed by atoms with Crippen LogP contribution < -0.4 is 5.73 Å². The van der Waals surface area contributed by atoms with E-state index in [9.17, 15) is 0 Å². The van der Waals surface area contributed by atoms with Crippen molar-refractivity contribution >= 4 is 21.8 Å². The Balaban J connectivity index is 2.35. The topological polar surface area (TPSA) is 80.6 Å². The van der Waals surface area contributed by atoms with Crippen LogP contribution in [0.2, 0.25) is 0 Å². The predicted molar refractivity (Wildman–Crippen MR) is 60.1 cm³/mol. The van der Waals surface area contributed by atoms with Gasteiger partial charge in [-0.05, 0) is 28.1 Å². The second kappa shape index (κ2) is 3.82. The van der Waals surface area contributed by atoms with Gasteiger partial charge in [-0.2, -0.15) is 5.10 Å². The van der Waals surface area contributed by atoms with Gasteiger partial charge >= 0.3 is 0 Å². The Bertz CT molecular complexity index is 487. The summed E-state index contributed by atoms with van der Waals surface area (Å²) in [5.41, 5.74) is 6.59. The van der Waals surface area contributed by atoms with Crippen molar-refractivity contribution in [1.29, 1.82) is 5.41 Å². The van der Waals surface area contributed by atoms with Gasteiger partial charge in [0.15, 0.2) is 0 Å². The van der Waals surface area contributed by atoms with E-state index < -0.39 is 0 Å². The summed E-state index contributed by atoms with van der Waals surface area (Å²) in [6.45, 7) is 0. The van der Waals surface area contributed by atoms with E-state index in [0.717, 1.165) is 10.2 Å². The van der Waals surface area contributed by atoms with Crippen molar-refractivity contribution in [3.63, 3.8) is 0 Å². The van der Waals surface area contributed by atoms with E-state index in [1.165, 1.54) is 0 Å². The Labute approximate surface area is 94.6 Å². The molecule has 0 radical (unpaired) electrons. The summed E-state index contributed by atoms with van der Waals surface area (Å²) in [5.74, 6) is -0.0387. The minimum Gasteiger partial charge on any atom is -0.382 e. The van der Waals surface area contributed by atoms with Gasteiger partial charge in [-0.3, -0.25) is 10.4 Å². The highest BCUT2D eigenvalue weighted by Gasteiger charge is 2.01. The third-order valence-corrected chi connectivity index (χ3v) is 2.25. The monoisotopic (exact) mass is 265 g/mol. The molecule has 0 aliphatic rings. The molecule has 0 aliphatic carbocycles. The van der Waals surface area contributed by atoms with Gasteiger partial charge in [-0.15, -0.1) is 0 Å². The van der Waals surface area contributed by atoms with E-state index in [-0.39, 0.29) is 5.84 Å². The zero-order valence-corrected chi connectivity index (χ0v) is 9.27. The summed E-state index contributed by atoms with van der Waals surface area (Å²) < 4.78 is 2.58. The van der Waals surface area contributed by atoms with Crippen LogP contribution in [0.1, 0.15) is 5.69 Å². The molecule has 0 bridgehead atoms. The fraction of sp³-hybridized carbons (Fsp3) is 0. The molecule has 76 valence electrons.